The monoisotopic (exact) mass is 610 g/mol. The quantitative estimate of drug-likeness (QED) is 0.207. The summed E-state index contributed by atoms with van der Waals surface area (Å²) in [5.41, 5.74) is 3.11. The van der Waals surface area contributed by atoms with Crippen molar-refractivity contribution in [3.05, 3.63) is 114 Å². The van der Waals surface area contributed by atoms with Crippen molar-refractivity contribution in [3.8, 4) is 0 Å². The van der Waals surface area contributed by atoms with Gasteiger partial charge in [0.15, 0.2) is 5.78 Å². The molecule has 228 valence electrons. The van der Waals surface area contributed by atoms with Crippen LogP contribution in [0.3, 0.4) is 0 Å². The van der Waals surface area contributed by atoms with Crippen LogP contribution in [0.4, 0.5) is 32.3 Å². The molecule has 0 fully saturated rings. The number of hydrogen-bond donors (Lipinski definition) is 0. The molecule has 44 heavy (non-hydrogen) atoms. The fraction of sp³-hybridized carbons (Fsp3) is 0.229. The number of hydrogen-bond acceptors (Lipinski definition) is 4. The molecule has 0 aromatic heterocycles. The Kier molecular flexibility index (Phi) is 9.69. The van der Waals surface area contributed by atoms with Crippen LogP contribution in [0.5, 0.6) is 0 Å². The second-order valence-corrected chi connectivity index (χ2v) is 13.6. The topological polar surface area (TPSA) is 81.2 Å². The molecule has 0 aliphatic rings. The number of nitrogens with zero attached hydrogens (tertiary/aromatic N) is 4. The van der Waals surface area contributed by atoms with Gasteiger partial charge in [0.2, 0.25) is 0 Å². The highest BCUT2D eigenvalue weighted by Crippen LogP contribution is 2.31. The molecule has 0 saturated carbocycles. The van der Waals surface area contributed by atoms with E-state index < -0.39 is 15.5 Å². The fourth-order valence-corrected chi connectivity index (χ4v) is 5.97. The van der Waals surface area contributed by atoms with Gasteiger partial charge < -0.3 is 0 Å². The van der Waals surface area contributed by atoms with Crippen molar-refractivity contribution in [2.45, 2.75) is 30.4 Å². The van der Waals surface area contributed by atoms with Gasteiger partial charge >= 0.3 is 12.1 Å². The van der Waals surface area contributed by atoms with Crippen molar-refractivity contribution in [2.24, 2.45) is 0 Å². The van der Waals surface area contributed by atoms with E-state index >= 15 is 0 Å². The first-order chi connectivity index (χ1) is 20.8. The minimum Gasteiger partial charge on any atom is -0.297 e. The second-order valence-electron chi connectivity index (χ2n) is 11.4. The Hall–Kier alpha value is -4.76. The molecule has 1 unspecified atom stereocenters. The van der Waals surface area contributed by atoms with Crippen LogP contribution in [0.15, 0.2) is 108 Å². The Balaban J connectivity index is 1.56. The summed E-state index contributed by atoms with van der Waals surface area (Å²) in [7, 11) is 5.24. The lowest BCUT2D eigenvalue weighted by Gasteiger charge is -2.29. The summed E-state index contributed by atoms with van der Waals surface area (Å²) in [6, 6.07) is 29.5. The second kappa shape index (κ2) is 13.3. The Morgan fingerprint density at radius 2 is 1.05 bits per heavy atom. The molecule has 4 rings (SSSR count). The molecule has 0 aliphatic carbocycles. The zero-order valence-corrected chi connectivity index (χ0v) is 27.0. The number of carbonyl (C=O) groups excluding carboxylic acids is 3. The average molecular weight is 611 g/mol. The minimum atomic E-state index is -1.34. The highest BCUT2D eigenvalue weighted by Gasteiger charge is 2.28. The molecule has 8 nitrogen and oxygen atoms in total. The summed E-state index contributed by atoms with van der Waals surface area (Å²) in [6.45, 7) is 5.69. The van der Waals surface area contributed by atoms with Gasteiger partial charge in [-0.2, -0.15) is 0 Å². The van der Waals surface area contributed by atoms with E-state index in [9.17, 15) is 18.6 Å². The molecule has 0 saturated heterocycles. The first kappa shape index (κ1) is 32.2. The summed E-state index contributed by atoms with van der Waals surface area (Å²) >= 11 is 0. The molecule has 0 spiro atoms. The molecule has 4 aromatic rings. The maximum absolute atomic E-state index is 13.7. The molecule has 1 atom stereocenters. The van der Waals surface area contributed by atoms with Crippen LogP contribution in [0.2, 0.25) is 0 Å². The highest BCUT2D eigenvalue weighted by molar-refractivity contribution is 7.86. The van der Waals surface area contributed by atoms with Crippen LogP contribution >= 0.6 is 0 Å². The predicted molar refractivity (Wildman–Crippen MR) is 180 cm³/mol. The van der Waals surface area contributed by atoms with E-state index in [2.05, 4.69) is 0 Å². The smallest absolute Gasteiger partial charge is 0.297 e. The molecule has 0 N–H and O–H groups in total. The van der Waals surface area contributed by atoms with E-state index in [4.69, 9.17) is 0 Å². The van der Waals surface area contributed by atoms with Crippen LogP contribution in [0, 0.1) is 0 Å². The number of para-hydroxylation sites is 2. The molecule has 0 aliphatic heterocycles. The van der Waals surface area contributed by atoms with Gasteiger partial charge in [-0.1, -0.05) is 60.7 Å². The van der Waals surface area contributed by atoms with Crippen LogP contribution < -0.4 is 19.6 Å². The summed E-state index contributed by atoms with van der Waals surface area (Å²) in [5, 5.41) is 0. The highest BCUT2D eigenvalue weighted by atomic mass is 32.2. The third-order valence-electron chi connectivity index (χ3n) is 7.28. The average Bonchev–Trinajstić information content (AvgIpc) is 3.05. The number of rotatable bonds is 7. The number of amides is 4. The maximum Gasteiger partial charge on any atom is 0.328 e. The third kappa shape index (κ3) is 6.73. The van der Waals surface area contributed by atoms with Crippen molar-refractivity contribution >= 4 is 51.4 Å². The number of anilines is 4. The first-order valence-electron chi connectivity index (χ1n) is 14.2. The van der Waals surface area contributed by atoms with Crippen molar-refractivity contribution in [1.29, 1.82) is 0 Å². The van der Waals surface area contributed by atoms with E-state index in [1.54, 1.807) is 113 Å². The number of carbonyl (C=O) groups is 3. The van der Waals surface area contributed by atoms with Gasteiger partial charge in [-0.15, -0.1) is 0 Å². The van der Waals surface area contributed by atoms with E-state index in [0.29, 0.717) is 38.8 Å². The van der Waals surface area contributed by atoms with Crippen molar-refractivity contribution in [2.75, 3.05) is 47.8 Å². The van der Waals surface area contributed by atoms with Gasteiger partial charge in [0.1, 0.15) is 0 Å². The van der Waals surface area contributed by atoms with Crippen LogP contribution in [-0.2, 0) is 10.8 Å². The zero-order chi connectivity index (χ0) is 32.2. The van der Waals surface area contributed by atoms with Crippen molar-refractivity contribution < 1.29 is 18.6 Å². The molecular weight excluding hydrogens is 572 g/mol. The molecule has 0 radical (unpaired) electrons. The lowest BCUT2D eigenvalue weighted by molar-refractivity contribution is 0.103. The fourth-order valence-electron chi connectivity index (χ4n) is 4.71. The summed E-state index contributed by atoms with van der Waals surface area (Å²) in [6.07, 6.45) is 0. The molecule has 9 heteroatoms. The summed E-state index contributed by atoms with van der Waals surface area (Å²) < 4.78 is 12.7. The lowest BCUT2D eigenvalue weighted by Crippen LogP contribution is -2.41. The predicted octanol–water partition coefficient (Wildman–Crippen LogP) is 7.21. The Morgan fingerprint density at radius 3 is 1.61 bits per heavy atom. The van der Waals surface area contributed by atoms with E-state index in [1.165, 1.54) is 19.6 Å². The Morgan fingerprint density at radius 1 is 0.568 bits per heavy atom. The van der Waals surface area contributed by atoms with Crippen molar-refractivity contribution in [3.63, 3.8) is 0 Å². The van der Waals surface area contributed by atoms with Gasteiger partial charge in [0.05, 0.1) is 27.1 Å². The van der Waals surface area contributed by atoms with Crippen LogP contribution in [0.1, 0.15) is 36.7 Å². The third-order valence-corrected chi connectivity index (χ3v) is 9.14. The van der Waals surface area contributed by atoms with E-state index in [0.717, 1.165) is 0 Å². The van der Waals surface area contributed by atoms with Crippen LogP contribution in [-0.4, -0.2) is 55.0 Å². The first-order valence-corrected chi connectivity index (χ1v) is 15.3. The zero-order valence-electron chi connectivity index (χ0n) is 26.1. The summed E-state index contributed by atoms with van der Waals surface area (Å²) in [4.78, 5) is 47.0. The van der Waals surface area contributed by atoms with Gasteiger partial charge in [-0.3, -0.25) is 28.6 Å². The standard InChI is InChI=1S/C35H38N4O4S/c1-35(2,3)44(43)31-23-14-13-22-30(31)39(7)34(42)37(5)27-19-15-18-26(24-27)36(4)33(41)38(6)29-21-12-11-20-28(29)32(40)25-16-9-8-10-17-25/h8-24H,1-7H3. The SMILES string of the molecule is CN(C(=O)N(C)c1ccccc1C(=O)c1ccccc1)c1cccc(N(C)C(=O)N(C)c2ccccc2S(=O)C(C)(C)C)c1. The number of ketones is 1. The van der Waals surface area contributed by atoms with Crippen molar-refractivity contribution in [1.82, 2.24) is 0 Å². The molecular formula is C35H38N4O4S. The Bertz CT molecular complexity index is 1700. The molecule has 4 amide bonds. The van der Waals surface area contributed by atoms with Gasteiger partial charge in [-0.05, 0) is 63.2 Å². The van der Waals surface area contributed by atoms with E-state index in [1.807, 2.05) is 39.0 Å². The van der Waals surface area contributed by atoms with Gasteiger partial charge in [0.25, 0.3) is 0 Å². The minimum absolute atomic E-state index is 0.178. The molecule has 0 bridgehead atoms. The van der Waals surface area contributed by atoms with Crippen LogP contribution in [0.25, 0.3) is 0 Å². The van der Waals surface area contributed by atoms with Gasteiger partial charge in [-0.25, -0.2) is 9.59 Å². The number of benzene rings is 4. The van der Waals surface area contributed by atoms with E-state index in [-0.39, 0.29) is 17.8 Å². The normalized spacial score (nSPS) is 11.8. The molecule has 4 aromatic carbocycles. The molecule has 0 heterocycles. The van der Waals surface area contributed by atoms with Gasteiger partial charge in [0, 0.05) is 55.4 Å². The summed E-state index contributed by atoms with van der Waals surface area (Å²) in [5.74, 6) is -0.178. The Labute approximate surface area is 262 Å². The number of urea groups is 2. The maximum atomic E-state index is 13.7. The largest absolute Gasteiger partial charge is 0.328 e. The lowest BCUT2D eigenvalue weighted by atomic mass is 10.0.